The molecular weight excluding hydrogens is 282 g/mol. The average molecular weight is 291 g/mol. The zero-order valence-electron chi connectivity index (χ0n) is 9.80. The van der Waals surface area contributed by atoms with Crippen molar-refractivity contribution in [3.8, 4) is 0 Å². The lowest BCUT2D eigenvalue weighted by molar-refractivity contribution is -0.147. The molecule has 1 aromatic rings. The van der Waals surface area contributed by atoms with E-state index in [9.17, 15) is 27.5 Å². The Bertz CT molecular complexity index is 538. The minimum absolute atomic E-state index is 0.0431. The summed E-state index contributed by atoms with van der Waals surface area (Å²) < 4.78 is 50.9. The summed E-state index contributed by atoms with van der Waals surface area (Å²) >= 11 is 0. The summed E-state index contributed by atoms with van der Waals surface area (Å²) in [6.45, 7) is 0. The van der Waals surface area contributed by atoms with E-state index in [-0.39, 0.29) is 16.8 Å². The van der Waals surface area contributed by atoms with Gasteiger partial charge in [-0.05, 0) is 12.1 Å². The largest absolute Gasteiger partial charge is 0.361 e. The first-order valence-corrected chi connectivity index (χ1v) is 5.40. The minimum atomic E-state index is -3.47. The van der Waals surface area contributed by atoms with Crippen molar-refractivity contribution in [1.82, 2.24) is 15.4 Å². The number of amides is 1. The molecule has 0 fully saturated rings. The Morgan fingerprint density at radius 3 is 2.55 bits per heavy atom. The van der Waals surface area contributed by atoms with Crippen LogP contribution in [0.15, 0.2) is 36.2 Å². The number of halogens is 4. The van der Waals surface area contributed by atoms with E-state index in [4.69, 9.17) is 0 Å². The first-order valence-electron chi connectivity index (χ1n) is 5.40. The molecule has 2 rings (SSSR count). The van der Waals surface area contributed by atoms with Gasteiger partial charge in [-0.2, -0.15) is 0 Å². The van der Waals surface area contributed by atoms with Crippen LogP contribution in [0.1, 0.15) is 10.5 Å². The standard InChI is InChI=1S/C11H9F4N3O2/c12-8(13)7-5-11(20,10(14)15)18(17-7)9(19)6-3-1-2-4-16-6/h1-5,8,10,17,20H. The third kappa shape index (κ3) is 2.31. The van der Waals surface area contributed by atoms with Gasteiger partial charge in [-0.1, -0.05) is 6.07 Å². The maximum Gasteiger partial charge on any atom is 0.293 e. The third-order valence-electron chi connectivity index (χ3n) is 2.61. The molecule has 20 heavy (non-hydrogen) atoms. The number of rotatable bonds is 3. The second-order valence-corrected chi connectivity index (χ2v) is 3.95. The number of nitrogens with zero attached hydrogens (tertiary/aromatic N) is 2. The number of pyridine rings is 1. The van der Waals surface area contributed by atoms with Crippen LogP contribution in [0.2, 0.25) is 0 Å². The number of alkyl halides is 4. The quantitative estimate of drug-likeness (QED) is 0.820. The fraction of sp³-hybridized carbons (Fsp3) is 0.273. The molecule has 0 bridgehead atoms. The first kappa shape index (κ1) is 14.3. The number of hydrazine groups is 1. The molecule has 1 aliphatic heterocycles. The summed E-state index contributed by atoms with van der Waals surface area (Å²) in [4.78, 5) is 15.6. The van der Waals surface area contributed by atoms with Crippen LogP contribution in [0.25, 0.3) is 0 Å². The Morgan fingerprint density at radius 2 is 2.05 bits per heavy atom. The maximum atomic E-state index is 12.9. The van der Waals surface area contributed by atoms with Gasteiger partial charge in [0.1, 0.15) is 5.69 Å². The van der Waals surface area contributed by atoms with E-state index in [1.54, 1.807) is 5.43 Å². The molecule has 108 valence electrons. The van der Waals surface area contributed by atoms with Crippen molar-refractivity contribution in [3.05, 3.63) is 41.9 Å². The van der Waals surface area contributed by atoms with E-state index in [0.29, 0.717) is 0 Å². The second-order valence-electron chi connectivity index (χ2n) is 3.95. The topological polar surface area (TPSA) is 65.5 Å². The van der Waals surface area contributed by atoms with Crippen molar-refractivity contribution in [3.63, 3.8) is 0 Å². The molecule has 1 amide bonds. The molecule has 2 N–H and O–H groups in total. The van der Waals surface area contributed by atoms with Crippen LogP contribution in [0.5, 0.6) is 0 Å². The number of aromatic nitrogens is 1. The Balaban J connectivity index is 2.35. The molecule has 1 aliphatic rings. The van der Waals surface area contributed by atoms with Crippen LogP contribution in [0.3, 0.4) is 0 Å². The summed E-state index contributed by atoms with van der Waals surface area (Å²) in [5, 5.41) is 9.78. The Morgan fingerprint density at radius 1 is 1.35 bits per heavy atom. The number of aliphatic hydroxyl groups is 1. The van der Waals surface area contributed by atoms with E-state index >= 15 is 0 Å². The monoisotopic (exact) mass is 291 g/mol. The second kappa shape index (κ2) is 5.08. The van der Waals surface area contributed by atoms with Gasteiger partial charge < -0.3 is 5.11 Å². The van der Waals surface area contributed by atoms with Crippen molar-refractivity contribution >= 4 is 5.91 Å². The fourth-order valence-electron chi connectivity index (χ4n) is 1.63. The van der Waals surface area contributed by atoms with Gasteiger partial charge in [0.15, 0.2) is 0 Å². The smallest absolute Gasteiger partial charge is 0.293 e. The van der Waals surface area contributed by atoms with Crippen molar-refractivity contribution in [1.29, 1.82) is 0 Å². The average Bonchev–Trinajstić information content (AvgIpc) is 2.79. The molecule has 0 radical (unpaired) electrons. The van der Waals surface area contributed by atoms with Gasteiger partial charge in [0.2, 0.25) is 5.72 Å². The van der Waals surface area contributed by atoms with E-state index < -0.39 is 30.2 Å². The molecular formula is C11H9F4N3O2. The highest BCUT2D eigenvalue weighted by Gasteiger charge is 2.51. The van der Waals surface area contributed by atoms with Gasteiger partial charge in [-0.15, -0.1) is 0 Å². The summed E-state index contributed by atoms with van der Waals surface area (Å²) in [5.41, 5.74) is -2.62. The number of carbonyl (C=O) groups is 1. The maximum absolute atomic E-state index is 12.9. The molecule has 0 saturated heterocycles. The van der Waals surface area contributed by atoms with Crippen LogP contribution in [-0.4, -0.2) is 39.6 Å². The molecule has 2 heterocycles. The Kier molecular flexibility index (Phi) is 3.62. The van der Waals surface area contributed by atoms with Crippen LogP contribution in [0, 0.1) is 0 Å². The summed E-state index contributed by atoms with van der Waals surface area (Å²) in [6, 6.07) is 4.10. The molecule has 0 saturated carbocycles. The van der Waals surface area contributed by atoms with E-state index in [1.807, 2.05) is 0 Å². The minimum Gasteiger partial charge on any atom is -0.361 e. The molecule has 0 aliphatic carbocycles. The number of carbonyl (C=O) groups excluding carboxylic acids is 1. The van der Waals surface area contributed by atoms with Crippen molar-refractivity contribution in [2.75, 3.05) is 0 Å². The Hall–Kier alpha value is -2.16. The van der Waals surface area contributed by atoms with E-state index in [2.05, 4.69) is 4.98 Å². The van der Waals surface area contributed by atoms with Gasteiger partial charge in [0.05, 0.1) is 5.70 Å². The lowest BCUT2D eigenvalue weighted by Crippen LogP contribution is -2.56. The molecule has 1 unspecified atom stereocenters. The third-order valence-corrected chi connectivity index (χ3v) is 2.61. The van der Waals surface area contributed by atoms with Crippen LogP contribution >= 0.6 is 0 Å². The zero-order chi connectivity index (χ0) is 14.9. The number of nitrogens with one attached hydrogen (secondary N) is 1. The predicted molar refractivity (Wildman–Crippen MR) is 58.6 cm³/mol. The van der Waals surface area contributed by atoms with Crippen molar-refractivity contribution < 1.29 is 27.5 Å². The molecule has 1 aromatic heterocycles. The Labute approximate surface area is 110 Å². The summed E-state index contributed by atoms with van der Waals surface area (Å²) in [6.07, 6.45) is -5.16. The highest BCUT2D eigenvalue weighted by molar-refractivity contribution is 5.93. The first-order chi connectivity index (χ1) is 9.36. The predicted octanol–water partition coefficient (Wildman–Crippen LogP) is 1.14. The summed E-state index contributed by atoms with van der Waals surface area (Å²) in [5.74, 6) is -1.15. The molecule has 0 aromatic carbocycles. The lowest BCUT2D eigenvalue weighted by atomic mass is 10.2. The number of allylic oxidation sites excluding steroid dienone is 1. The lowest BCUT2D eigenvalue weighted by Gasteiger charge is -2.31. The number of hydrogen-bond donors (Lipinski definition) is 2. The van der Waals surface area contributed by atoms with Gasteiger partial charge in [-0.25, -0.2) is 22.6 Å². The molecule has 1 atom stereocenters. The normalized spacial score (nSPS) is 22.1. The van der Waals surface area contributed by atoms with Crippen molar-refractivity contribution in [2.45, 2.75) is 18.6 Å². The van der Waals surface area contributed by atoms with Gasteiger partial charge in [0, 0.05) is 12.3 Å². The van der Waals surface area contributed by atoms with Gasteiger partial charge >= 0.3 is 0 Å². The fourth-order valence-corrected chi connectivity index (χ4v) is 1.63. The van der Waals surface area contributed by atoms with Gasteiger partial charge in [0.25, 0.3) is 18.8 Å². The summed E-state index contributed by atoms with van der Waals surface area (Å²) in [7, 11) is 0. The highest BCUT2D eigenvalue weighted by Crippen LogP contribution is 2.30. The molecule has 9 heteroatoms. The van der Waals surface area contributed by atoms with Crippen LogP contribution < -0.4 is 5.43 Å². The molecule has 0 spiro atoms. The van der Waals surface area contributed by atoms with Crippen LogP contribution in [0.4, 0.5) is 17.6 Å². The SMILES string of the molecule is O=C(c1ccccn1)N1NC(C(F)F)=CC1(O)C(F)F. The highest BCUT2D eigenvalue weighted by atomic mass is 19.3. The zero-order valence-corrected chi connectivity index (χ0v) is 9.80. The van der Waals surface area contributed by atoms with E-state index in [0.717, 1.165) is 0 Å². The van der Waals surface area contributed by atoms with Crippen LogP contribution in [-0.2, 0) is 0 Å². The molecule has 5 nitrogen and oxygen atoms in total. The van der Waals surface area contributed by atoms with Crippen molar-refractivity contribution in [2.24, 2.45) is 0 Å². The van der Waals surface area contributed by atoms with E-state index in [1.165, 1.54) is 24.4 Å². The number of hydrogen-bond acceptors (Lipinski definition) is 4. The van der Waals surface area contributed by atoms with Gasteiger partial charge in [-0.3, -0.25) is 15.2 Å².